The number of aliphatic hydroxyl groups is 1. The summed E-state index contributed by atoms with van der Waals surface area (Å²) in [5.41, 5.74) is -0.136. The van der Waals surface area contributed by atoms with Gasteiger partial charge in [0.1, 0.15) is 5.72 Å². The standard InChI is InChI=1S/C12H16ClNO/c1-12(15,14-8-4-5-9-14)10-6-2-3-7-11(10)13/h2-3,6-7,15H,4-5,8-9H2,1H3. The molecule has 0 saturated carbocycles. The number of benzene rings is 1. The van der Waals surface area contributed by atoms with Gasteiger partial charge in [0.15, 0.2) is 0 Å². The highest BCUT2D eigenvalue weighted by Gasteiger charge is 2.34. The number of rotatable bonds is 2. The van der Waals surface area contributed by atoms with Gasteiger partial charge in [-0.1, -0.05) is 29.8 Å². The summed E-state index contributed by atoms with van der Waals surface area (Å²) >= 11 is 6.10. The summed E-state index contributed by atoms with van der Waals surface area (Å²) < 4.78 is 0. The van der Waals surface area contributed by atoms with Crippen LogP contribution in [0.5, 0.6) is 0 Å². The van der Waals surface area contributed by atoms with E-state index in [1.807, 2.05) is 31.2 Å². The molecule has 0 aliphatic carbocycles. The van der Waals surface area contributed by atoms with E-state index in [1.54, 1.807) is 0 Å². The number of halogens is 1. The molecule has 1 heterocycles. The van der Waals surface area contributed by atoms with Crippen LogP contribution < -0.4 is 0 Å². The lowest BCUT2D eigenvalue weighted by Crippen LogP contribution is -2.42. The van der Waals surface area contributed by atoms with E-state index in [1.165, 1.54) is 0 Å². The van der Waals surface area contributed by atoms with Gasteiger partial charge in [-0.05, 0) is 25.8 Å². The molecule has 82 valence electrons. The van der Waals surface area contributed by atoms with Crippen molar-refractivity contribution >= 4 is 11.6 Å². The molecule has 0 amide bonds. The van der Waals surface area contributed by atoms with Crippen molar-refractivity contribution in [3.63, 3.8) is 0 Å². The zero-order chi connectivity index (χ0) is 10.9. The molecule has 1 aromatic rings. The molecule has 15 heavy (non-hydrogen) atoms. The smallest absolute Gasteiger partial charge is 0.143 e. The predicted molar refractivity (Wildman–Crippen MR) is 61.8 cm³/mol. The number of hydrogen-bond acceptors (Lipinski definition) is 2. The maximum Gasteiger partial charge on any atom is 0.143 e. The Labute approximate surface area is 95.5 Å². The summed E-state index contributed by atoms with van der Waals surface area (Å²) in [7, 11) is 0. The summed E-state index contributed by atoms with van der Waals surface area (Å²) in [5.74, 6) is 0. The second kappa shape index (κ2) is 4.12. The monoisotopic (exact) mass is 225 g/mol. The third-order valence-electron chi connectivity index (χ3n) is 3.11. The Morgan fingerprint density at radius 3 is 2.47 bits per heavy atom. The van der Waals surface area contributed by atoms with Gasteiger partial charge in [0, 0.05) is 23.7 Å². The van der Waals surface area contributed by atoms with E-state index in [4.69, 9.17) is 11.6 Å². The first-order chi connectivity index (χ1) is 7.12. The molecule has 1 aliphatic rings. The molecule has 1 saturated heterocycles. The van der Waals surface area contributed by atoms with E-state index in [0.29, 0.717) is 5.02 Å². The number of hydrogen-bond donors (Lipinski definition) is 1. The molecule has 1 aliphatic heterocycles. The van der Waals surface area contributed by atoms with Crippen LogP contribution >= 0.6 is 11.6 Å². The molecule has 0 spiro atoms. The highest BCUT2D eigenvalue weighted by Crippen LogP contribution is 2.33. The van der Waals surface area contributed by atoms with Crippen LogP contribution in [0.3, 0.4) is 0 Å². The van der Waals surface area contributed by atoms with Crippen molar-refractivity contribution in [3.05, 3.63) is 34.9 Å². The fourth-order valence-electron chi connectivity index (χ4n) is 2.17. The Kier molecular flexibility index (Phi) is 3.01. The Morgan fingerprint density at radius 1 is 1.27 bits per heavy atom. The third kappa shape index (κ3) is 2.03. The van der Waals surface area contributed by atoms with Crippen molar-refractivity contribution < 1.29 is 5.11 Å². The molecule has 2 nitrogen and oxygen atoms in total. The van der Waals surface area contributed by atoms with Crippen molar-refractivity contribution in [1.29, 1.82) is 0 Å². The quantitative estimate of drug-likeness (QED) is 0.837. The van der Waals surface area contributed by atoms with Gasteiger partial charge in [0.05, 0.1) is 0 Å². The van der Waals surface area contributed by atoms with Crippen molar-refractivity contribution in [3.8, 4) is 0 Å². The summed E-state index contributed by atoms with van der Waals surface area (Å²) in [6, 6.07) is 7.50. The Morgan fingerprint density at radius 2 is 1.87 bits per heavy atom. The Balaban J connectivity index is 2.31. The van der Waals surface area contributed by atoms with Crippen LogP contribution in [-0.2, 0) is 5.72 Å². The minimum atomic E-state index is -0.936. The molecular weight excluding hydrogens is 210 g/mol. The van der Waals surface area contributed by atoms with Crippen molar-refractivity contribution in [2.45, 2.75) is 25.5 Å². The highest BCUT2D eigenvalue weighted by atomic mass is 35.5. The average Bonchev–Trinajstić information content (AvgIpc) is 2.71. The Hall–Kier alpha value is -0.570. The second-order valence-electron chi connectivity index (χ2n) is 4.19. The van der Waals surface area contributed by atoms with Gasteiger partial charge >= 0.3 is 0 Å². The SMILES string of the molecule is CC(O)(c1ccccc1Cl)N1CCCC1. The number of nitrogens with zero attached hydrogens (tertiary/aromatic N) is 1. The lowest BCUT2D eigenvalue weighted by molar-refractivity contribution is -0.0881. The molecule has 1 unspecified atom stereocenters. The molecular formula is C12H16ClNO. The molecule has 0 bridgehead atoms. The second-order valence-corrected chi connectivity index (χ2v) is 4.60. The molecule has 1 fully saturated rings. The van der Waals surface area contributed by atoms with Crippen LogP contribution in [0.1, 0.15) is 25.3 Å². The highest BCUT2D eigenvalue weighted by molar-refractivity contribution is 6.31. The van der Waals surface area contributed by atoms with Crippen LogP contribution in [0.4, 0.5) is 0 Å². The average molecular weight is 226 g/mol. The van der Waals surface area contributed by atoms with Crippen LogP contribution in [-0.4, -0.2) is 23.1 Å². The first-order valence-corrected chi connectivity index (χ1v) is 5.72. The van der Waals surface area contributed by atoms with E-state index in [9.17, 15) is 5.11 Å². The fourth-order valence-corrected chi connectivity index (χ4v) is 2.48. The van der Waals surface area contributed by atoms with E-state index in [-0.39, 0.29) is 0 Å². The zero-order valence-electron chi connectivity index (χ0n) is 8.91. The molecule has 1 N–H and O–H groups in total. The topological polar surface area (TPSA) is 23.5 Å². The fraction of sp³-hybridized carbons (Fsp3) is 0.500. The van der Waals surface area contributed by atoms with E-state index < -0.39 is 5.72 Å². The van der Waals surface area contributed by atoms with Gasteiger partial charge in [0.25, 0.3) is 0 Å². The Bertz CT molecular complexity index is 345. The molecule has 0 radical (unpaired) electrons. The maximum atomic E-state index is 10.5. The van der Waals surface area contributed by atoms with Crippen LogP contribution in [0.25, 0.3) is 0 Å². The summed E-state index contributed by atoms with van der Waals surface area (Å²) in [6.45, 7) is 3.70. The predicted octanol–water partition coefficient (Wildman–Crippen LogP) is 2.60. The summed E-state index contributed by atoms with van der Waals surface area (Å²) in [5, 5.41) is 11.1. The normalized spacial score (nSPS) is 21.5. The van der Waals surface area contributed by atoms with Gasteiger partial charge in [-0.25, -0.2) is 0 Å². The van der Waals surface area contributed by atoms with Crippen LogP contribution in [0.2, 0.25) is 5.02 Å². The van der Waals surface area contributed by atoms with Crippen molar-refractivity contribution in [1.82, 2.24) is 4.90 Å². The van der Waals surface area contributed by atoms with Crippen molar-refractivity contribution in [2.24, 2.45) is 0 Å². The lowest BCUT2D eigenvalue weighted by atomic mass is 10.0. The minimum absolute atomic E-state index is 0.634. The van der Waals surface area contributed by atoms with Crippen LogP contribution in [0, 0.1) is 0 Å². The molecule has 1 aromatic carbocycles. The molecule has 2 rings (SSSR count). The van der Waals surface area contributed by atoms with Gasteiger partial charge < -0.3 is 5.11 Å². The van der Waals surface area contributed by atoms with Gasteiger partial charge in [-0.3, -0.25) is 4.90 Å². The zero-order valence-corrected chi connectivity index (χ0v) is 9.67. The van der Waals surface area contributed by atoms with Gasteiger partial charge in [-0.2, -0.15) is 0 Å². The first-order valence-electron chi connectivity index (χ1n) is 5.35. The molecule has 1 atom stereocenters. The minimum Gasteiger partial charge on any atom is -0.372 e. The molecule has 0 aromatic heterocycles. The number of likely N-dealkylation sites (tertiary alicyclic amines) is 1. The van der Waals surface area contributed by atoms with Gasteiger partial charge in [-0.15, -0.1) is 0 Å². The van der Waals surface area contributed by atoms with E-state index in [2.05, 4.69) is 4.90 Å². The lowest BCUT2D eigenvalue weighted by Gasteiger charge is -2.34. The van der Waals surface area contributed by atoms with E-state index in [0.717, 1.165) is 31.5 Å². The first kappa shape index (κ1) is 10.9. The van der Waals surface area contributed by atoms with E-state index >= 15 is 0 Å². The summed E-state index contributed by atoms with van der Waals surface area (Å²) in [6.07, 6.45) is 2.31. The van der Waals surface area contributed by atoms with Crippen molar-refractivity contribution in [2.75, 3.05) is 13.1 Å². The summed E-state index contributed by atoms with van der Waals surface area (Å²) in [4.78, 5) is 2.08. The van der Waals surface area contributed by atoms with Gasteiger partial charge in [0.2, 0.25) is 0 Å². The molecule has 3 heteroatoms. The largest absolute Gasteiger partial charge is 0.372 e. The van der Waals surface area contributed by atoms with Crippen LogP contribution in [0.15, 0.2) is 24.3 Å². The third-order valence-corrected chi connectivity index (χ3v) is 3.44. The maximum absolute atomic E-state index is 10.5.